The van der Waals surface area contributed by atoms with E-state index < -0.39 is 0 Å². The number of carbonyl (C=O) groups is 2. The molecule has 2 aromatic carbocycles. The summed E-state index contributed by atoms with van der Waals surface area (Å²) in [5.74, 6) is 0.660. The maximum atomic E-state index is 13.0. The summed E-state index contributed by atoms with van der Waals surface area (Å²) in [6.07, 6.45) is 0.163. The third-order valence-electron chi connectivity index (χ3n) is 4.87. The smallest absolute Gasteiger partial charge is 0.307 e. The van der Waals surface area contributed by atoms with Crippen LogP contribution in [0.2, 0.25) is 0 Å². The SMILES string of the molecule is COC(=O)CCN(CC(C)C)C(=O)c1ccc(-c2nnc(-c3ccccc3C)o2)cc1. The van der Waals surface area contributed by atoms with Crippen molar-refractivity contribution in [2.24, 2.45) is 5.92 Å². The Morgan fingerprint density at radius 3 is 2.35 bits per heavy atom. The number of hydrogen-bond donors (Lipinski definition) is 0. The molecule has 0 spiro atoms. The average molecular weight is 421 g/mol. The Hall–Kier alpha value is -3.48. The first kappa shape index (κ1) is 22.2. The molecule has 7 nitrogen and oxygen atoms in total. The fraction of sp³-hybridized carbons (Fsp3) is 0.333. The molecule has 0 aliphatic rings. The molecule has 0 unspecified atom stereocenters. The van der Waals surface area contributed by atoms with Crippen molar-refractivity contribution in [1.29, 1.82) is 0 Å². The quantitative estimate of drug-likeness (QED) is 0.502. The van der Waals surface area contributed by atoms with E-state index >= 15 is 0 Å². The van der Waals surface area contributed by atoms with Gasteiger partial charge in [0.1, 0.15) is 0 Å². The van der Waals surface area contributed by atoms with Gasteiger partial charge < -0.3 is 14.1 Å². The normalized spacial score (nSPS) is 10.9. The predicted octanol–water partition coefficient (Wildman–Crippen LogP) is 4.37. The van der Waals surface area contributed by atoms with Crippen molar-refractivity contribution in [3.8, 4) is 22.9 Å². The number of hydrogen-bond acceptors (Lipinski definition) is 6. The molecule has 0 atom stereocenters. The van der Waals surface area contributed by atoms with E-state index in [1.54, 1.807) is 29.2 Å². The maximum Gasteiger partial charge on any atom is 0.307 e. The van der Waals surface area contributed by atoms with Gasteiger partial charge in [-0.25, -0.2) is 0 Å². The summed E-state index contributed by atoms with van der Waals surface area (Å²) in [5, 5.41) is 8.30. The van der Waals surface area contributed by atoms with Crippen LogP contribution in [0.25, 0.3) is 22.9 Å². The van der Waals surface area contributed by atoms with Crippen LogP contribution >= 0.6 is 0 Å². The summed E-state index contributed by atoms with van der Waals surface area (Å²) >= 11 is 0. The summed E-state index contributed by atoms with van der Waals surface area (Å²) in [6, 6.07) is 14.9. The minimum Gasteiger partial charge on any atom is -0.469 e. The Kier molecular flexibility index (Phi) is 7.18. The minimum absolute atomic E-state index is 0.129. The van der Waals surface area contributed by atoms with Crippen LogP contribution < -0.4 is 0 Å². The molecule has 1 amide bonds. The Balaban J connectivity index is 1.76. The van der Waals surface area contributed by atoms with Crippen molar-refractivity contribution in [3.63, 3.8) is 0 Å². The van der Waals surface area contributed by atoms with Crippen LogP contribution in [0.5, 0.6) is 0 Å². The number of aromatic nitrogens is 2. The Labute approximate surface area is 182 Å². The molecule has 0 saturated carbocycles. The van der Waals surface area contributed by atoms with E-state index in [4.69, 9.17) is 9.15 Å². The second-order valence-electron chi connectivity index (χ2n) is 7.78. The number of nitrogens with zero attached hydrogens (tertiary/aromatic N) is 3. The summed E-state index contributed by atoms with van der Waals surface area (Å²) < 4.78 is 10.5. The van der Waals surface area contributed by atoms with E-state index in [-0.39, 0.29) is 24.2 Å². The Morgan fingerprint density at radius 1 is 1.03 bits per heavy atom. The van der Waals surface area contributed by atoms with Gasteiger partial charge in [0.2, 0.25) is 11.8 Å². The zero-order chi connectivity index (χ0) is 22.4. The lowest BCUT2D eigenvalue weighted by Crippen LogP contribution is -2.36. The second-order valence-corrected chi connectivity index (χ2v) is 7.78. The minimum atomic E-state index is -0.335. The Bertz CT molecular complexity index is 1040. The number of amides is 1. The number of methoxy groups -OCH3 is 1. The first-order valence-electron chi connectivity index (χ1n) is 10.2. The standard InChI is InChI=1S/C24H27N3O4/c1-16(2)15-27(14-13-21(28)30-4)24(29)19-11-9-18(10-12-19)22-25-26-23(31-22)20-8-6-5-7-17(20)3/h5-12,16H,13-15H2,1-4H3. The van der Waals surface area contributed by atoms with Gasteiger partial charge in [-0.05, 0) is 48.7 Å². The molecule has 31 heavy (non-hydrogen) atoms. The van der Waals surface area contributed by atoms with Crippen molar-refractivity contribution < 1.29 is 18.7 Å². The van der Waals surface area contributed by atoms with Crippen molar-refractivity contribution >= 4 is 11.9 Å². The van der Waals surface area contributed by atoms with Gasteiger partial charge >= 0.3 is 5.97 Å². The molecule has 0 saturated heterocycles. The topological polar surface area (TPSA) is 85.5 Å². The third kappa shape index (κ3) is 5.57. The van der Waals surface area contributed by atoms with Crippen LogP contribution in [0.1, 0.15) is 36.2 Å². The zero-order valence-corrected chi connectivity index (χ0v) is 18.3. The van der Waals surface area contributed by atoms with Gasteiger partial charge in [-0.1, -0.05) is 32.0 Å². The lowest BCUT2D eigenvalue weighted by atomic mass is 10.1. The van der Waals surface area contributed by atoms with E-state index in [1.807, 2.05) is 45.0 Å². The van der Waals surface area contributed by atoms with Gasteiger partial charge in [-0.3, -0.25) is 9.59 Å². The van der Waals surface area contributed by atoms with Crippen molar-refractivity contribution in [1.82, 2.24) is 15.1 Å². The molecule has 0 N–H and O–H groups in total. The van der Waals surface area contributed by atoms with E-state index in [0.717, 1.165) is 16.7 Å². The van der Waals surface area contributed by atoms with E-state index in [1.165, 1.54) is 7.11 Å². The molecule has 0 radical (unpaired) electrons. The molecule has 1 heterocycles. The Morgan fingerprint density at radius 2 is 1.71 bits per heavy atom. The number of aryl methyl sites for hydroxylation is 1. The largest absolute Gasteiger partial charge is 0.469 e. The van der Waals surface area contributed by atoms with Gasteiger partial charge in [0.15, 0.2) is 0 Å². The van der Waals surface area contributed by atoms with Crippen LogP contribution in [0, 0.1) is 12.8 Å². The molecular weight excluding hydrogens is 394 g/mol. The highest BCUT2D eigenvalue weighted by Crippen LogP contribution is 2.26. The average Bonchev–Trinajstić information content (AvgIpc) is 3.26. The highest BCUT2D eigenvalue weighted by atomic mass is 16.5. The molecule has 7 heteroatoms. The van der Waals surface area contributed by atoms with Gasteiger partial charge in [0, 0.05) is 29.8 Å². The number of ether oxygens (including phenoxy) is 1. The summed E-state index contributed by atoms with van der Waals surface area (Å²) in [6.45, 7) is 6.92. The fourth-order valence-electron chi connectivity index (χ4n) is 3.24. The van der Waals surface area contributed by atoms with E-state index in [9.17, 15) is 9.59 Å². The molecular formula is C24H27N3O4. The molecule has 162 valence electrons. The van der Waals surface area contributed by atoms with Crippen molar-refractivity contribution in [3.05, 3.63) is 59.7 Å². The number of esters is 1. The molecule has 0 aliphatic heterocycles. The monoisotopic (exact) mass is 421 g/mol. The molecule has 1 aromatic heterocycles. The van der Waals surface area contributed by atoms with Gasteiger partial charge in [0.05, 0.1) is 13.5 Å². The van der Waals surface area contributed by atoms with Crippen molar-refractivity contribution in [2.45, 2.75) is 27.2 Å². The number of carbonyl (C=O) groups excluding carboxylic acids is 2. The van der Waals surface area contributed by atoms with Crippen LogP contribution in [-0.4, -0.2) is 47.2 Å². The number of rotatable bonds is 8. The highest BCUT2D eigenvalue weighted by Gasteiger charge is 2.19. The molecule has 3 rings (SSSR count). The third-order valence-corrected chi connectivity index (χ3v) is 4.87. The summed E-state index contributed by atoms with van der Waals surface area (Å²) in [4.78, 5) is 26.2. The lowest BCUT2D eigenvalue weighted by Gasteiger charge is -2.24. The summed E-state index contributed by atoms with van der Waals surface area (Å²) in [7, 11) is 1.34. The zero-order valence-electron chi connectivity index (χ0n) is 18.3. The van der Waals surface area contributed by atoms with Crippen molar-refractivity contribution in [2.75, 3.05) is 20.2 Å². The van der Waals surface area contributed by atoms with Gasteiger partial charge in [0.25, 0.3) is 5.91 Å². The highest BCUT2D eigenvalue weighted by molar-refractivity contribution is 5.94. The second kappa shape index (κ2) is 10.0. The van der Waals surface area contributed by atoms with Crippen LogP contribution in [0.4, 0.5) is 0 Å². The molecule has 3 aromatic rings. The van der Waals surface area contributed by atoms with Gasteiger partial charge in [-0.15, -0.1) is 10.2 Å². The van der Waals surface area contributed by atoms with Crippen LogP contribution in [0.15, 0.2) is 52.9 Å². The van der Waals surface area contributed by atoms with Crippen LogP contribution in [-0.2, 0) is 9.53 Å². The van der Waals surface area contributed by atoms with Crippen LogP contribution in [0.3, 0.4) is 0 Å². The summed E-state index contributed by atoms with van der Waals surface area (Å²) in [5.41, 5.74) is 3.21. The van der Waals surface area contributed by atoms with E-state index in [2.05, 4.69) is 10.2 Å². The van der Waals surface area contributed by atoms with Gasteiger partial charge in [-0.2, -0.15) is 0 Å². The first-order valence-corrected chi connectivity index (χ1v) is 10.2. The first-order chi connectivity index (χ1) is 14.9. The molecule has 0 aliphatic carbocycles. The maximum absolute atomic E-state index is 13.0. The molecule has 0 fully saturated rings. The lowest BCUT2D eigenvalue weighted by molar-refractivity contribution is -0.140. The number of benzene rings is 2. The predicted molar refractivity (Wildman–Crippen MR) is 117 cm³/mol. The molecule has 0 bridgehead atoms. The van der Waals surface area contributed by atoms with E-state index in [0.29, 0.717) is 30.4 Å². The fourth-order valence-corrected chi connectivity index (χ4v) is 3.24.